The molecule has 1 aliphatic heterocycles. The smallest absolute Gasteiger partial charge is 0.392 e. The zero-order chi connectivity index (χ0) is 34.3. The number of nitrogens with one attached hydrogen (secondary N) is 2. The molecule has 3 aromatic carbocycles. The number of carbonyl (C=O) groups is 3. The highest BCUT2D eigenvalue weighted by Crippen LogP contribution is 2.35. The highest BCUT2D eigenvalue weighted by Gasteiger charge is 2.33. The van der Waals surface area contributed by atoms with Crippen molar-refractivity contribution in [1.82, 2.24) is 10.3 Å². The largest absolute Gasteiger partial charge is 0.417 e. The van der Waals surface area contributed by atoms with E-state index >= 15 is 0 Å². The van der Waals surface area contributed by atoms with Gasteiger partial charge in [-0.15, -0.1) is 0 Å². The van der Waals surface area contributed by atoms with Crippen molar-refractivity contribution in [3.63, 3.8) is 0 Å². The second kappa shape index (κ2) is 15.5. The molecule has 47 heavy (non-hydrogen) atoms. The molecule has 1 aliphatic rings. The lowest BCUT2D eigenvalue weighted by molar-refractivity contribution is -0.137. The van der Waals surface area contributed by atoms with Crippen molar-refractivity contribution in [3.05, 3.63) is 93.5 Å². The third-order valence-electron chi connectivity index (χ3n) is 7.20. The predicted molar refractivity (Wildman–Crippen MR) is 173 cm³/mol. The Hall–Kier alpha value is -4.30. The molecular formula is C33H35ClF3N5O5. The maximum atomic E-state index is 13.4. The number of hydrogen-bond donors (Lipinski definition) is 4. The molecule has 14 heteroatoms. The van der Waals surface area contributed by atoms with Crippen molar-refractivity contribution in [1.29, 1.82) is 0 Å². The summed E-state index contributed by atoms with van der Waals surface area (Å²) >= 11 is 5.68. The van der Waals surface area contributed by atoms with Gasteiger partial charge in [-0.2, -0.15) is 18.3 Å². The summed E-state index contributed by atoms with van der Waals surface area (Å²) in [7, 11) is 0. The summed E-state index contributed by atoms with van der Waals surface area (Å²) in [5.74, 6) is -1.44. The molecule has 2 atom stereocenters. The second-order valence-electron chi connectivity index (χ2n) is 11.4. The number of hydrazone groups is 1. The van der Waals surface area contributed by atoms with Crippen LogP contribution >= 0.6 is 11.6 Å². The monoisotopic (exact) mass is 673 g/mol. The molecule has 0 bridgehead atoms. The average molecular weight is 674 g/mol. The Bertz CT molecular complexity index is 1640. The van der Waals surface area contributed by atoms with Crippen molar-refractivity contribution in [3.8, 4) is 0 Å². The first-order valence-electron chi connectivity index (χ1n) is 14.8. The number of halogens is 4. The molecule has 3 aromatic rings. The SMILES string of the molecule is CC(O)CN(Cc1cccc(C(=O)Nc2ccc(N3CCCC3=O)cc2C(=O)N/N=C\c2ccc(Cl)c(C(F)(F)F)c2)c1)CC(C)O. The van der Waals surface area contributed by atoms with Gasteiger partial charge in [0.05, 0.1) is 40.3 Å². The molecule has 10 nitrogen and oxygen atoms in total. The third kappa shape index (κ3) is 9.85. The van der Waals surface area contributed by atoms with E-state index in [0.29, 0.717) is 44.7 Å². The Kier molecular flexibility index (Phi) is 11.7. The summed E-state index contributed by atoms with van der Waals surface area (Å²) < 4.78 is 39.8. The number of nitrogens with zero attached hydrogens (tertiary/aromatic N) is 3. The van der Waals surface area contributed by atoms with Crippen LogP contribution in [0.25, 0.3) is 0 Å². The molecule has 4 N–H and O–H groups in total. The molecule has 1 saturated heterocycles. The van der Waals surface area contributed by atoms with Gasteiger partial charge in [0.15, 0.2) is 0 Å². The normalized spacial score (nSPS) is 14.9. The van der Waals surface area contributed by atoms with E-state index in [1.54, 1.807) is 38.1 Å². The molecule has 3 amide bonds. The van der Waals surface area contributed by atoms with Crippen LogP contribution < -0.4 is 15.6 Å². The Labute approximate surface area is 274 Å². The Morgan fingerprint density at radius 1 is 1.04 bits per heavy atom. The number of rotatable bonds is 12. The number of aliphatic hydroxyl groups excluding tert-OH is 2. The van der Waals surface area contributed by atoms with E-state index in [1.807, 2.05) is 11.0 Å². The molecule has 0 saturated carbocycles. The van der Waals surface area contributed by atoms with Gasteiger partial charge in [0.2, 0.25) is 5.91 Å². The van der Waals surface area contributed by atoms with Crippen LogP contribution in [0.4, 0.5) is 24.5 Å². The quantitative estimate of drug-likeness (QED) is 0.157. The minimum atomic E-state index is -4.68. The highest BCUT2D eigenvalue weighted by molar-refractivity contribution is 6.31. The Balaban J connectivity index is 1.57. The van der Waals surface area contributed by atoms with Crippen LogP contribution in [-0.4, -0.2) is 70.9 Å². The summed E-state index contributed by atoms with van der Waals surface area (Å²) in [5, 5.41) is 25.8. The maximum absolute atomic E-state index is 13.4. The Morgan fingerprint density at radius 3 is 2.40 bits per heavy atom. The summed E-state index contributed by atoms with van der Waals surface area (Å²) in [5.41, 5.74) is 2.81. The number of hydrogen-bond acceptors (Lipinski definition) is 7. The number of alkyl halides is 3. The van der Waals surface area contributed by atoms with Gasteiger partial charge in [-0.05, 0) is 73.9 Å². The van der Waals surface area contributed by atoms with E-state index < -0.39 is 40.8 Å². The minimum Gasteiger partial charge on any atom is -0.392 e. The average Bonchev–Trinajstić information content (AvgIpc) is 3.42. The summed E-state index contributed by atoms with van der Waals surface area (Å²) in [6, 6.07) is 14.5. The summed E-state index contributed by atoms with van der Waals surface area (Å²) in [6.45, 7) is 4.73. The van der Waals surface area contributed by atoms with Crippen molar-refractivity contribution in [2.45, 2.75) is 51.6 Å². The minimum absolute atomic E-state index is 0.0315. The van der Waals surface area contributed by atoms with Crippen molar-refractivity contribution >= 4 is 46.9 Å². The maximum Gasteiger partial charge on any atom is 0.417 e. The van der Waals surface area contributed by atoms with Gasteiger partial charge in [0, 0.05) is 43.9 Å². The number of anilines is 2. The molecule has 1 heterocycles. The number of aliphatic hydroxyl groups is 2. The second-order valence-corrected chi connectivity index (χ2v) is 11.8. The topological polar surface area (TPSA) is 135 Å². The van der Waals surface area contributed by atoms with Crippen LogP contribution in [0.1, 0.15) is 64.1 Å². The molecule has 2 unspecified atom stereocenters. The molecule has 250 valence electrons. The van der Waals surface area contributed by atoms with Gasteiger partial charge >= 0.3 is 6.18 Å². The number of benzene rings is 3. The zero-order valence-corrected chi connectivity index (χ0v) is 26.5. The van der Waals surface area contributed by atoms with Crippen LogP contribution in [0, 0.1) is 0 Å². The molecule has 1 fully saturated rings. The van der Waals surface area contributed by atoms with Crippen LogP contribution in [0.3, 0.4) is 0 Å². The molecule has 0 radical (unpaired) electrons. The lowest BCUT2D eigenvalue weighted by Crippen LogP contribution is -2.35. The third-order valence-corrected chi connectivity index (χ3v) is 7.53. The van der Waals surface area contributed by atoms with Crippen molar-refractivity contribution < 1.29 is 37.8 Å². The fourth-order valence-electron chi connectivity index (χ4n) is 5.20. The van der Waals surface area contributed by atoms with Crippen LogP contribution in [0.5, 0.6) is 0 Å². The van der Waals surface area contributed by atoms with E-state index in [4.69, 9.17) is 11.6 Å². The van der Waals surface area contributed by atoms with Gasteiger partial charge < -0.3 is 20.4 Å². The first-order chi connectivity index (χ1) is 22.2. The van der Waals surface area contributed by atoms with Gasteiger partial charge in [-0.3, -0.25) is 19.3 Å². The molecule has 0 aromatic heterocycles. The van der Waals surface area contributed by atoms with Crippen molar-refractivity contribution in [2.24, 2.45) is 5.10 Å². The van der Waals surface area contributed by atoms with Gasteiger partial charge in [-0.1, -0.05) is 29.8 Å². The van der Waals surface area contributed by atoms with E-state index in [9.17, 15) is 37.8 Å². The first-order valence-corrected chi connectivity index (χ1v) is 15.2. The molecule has 0 aliphatic carbocycles. The highest BCUT2D eigenvalue weighted by atomic mass is 35.5. The van der Waals surface area contributed by atoms with Gasteiger partial charge in [0.25, 0.3) is 11.8 Å². The number of amides is 3. The van der Waals surface area contributed by atoms with E-state index in [0.717, 1.165) is 23.9 Å². The van der Waals surface area contributed by atoms with Gasteiger partial charge in [-0.25, -0.2) is 5.43 Å². The lowest BCUT2D eigenvalue weighted by atomic mass is 10.1. The van der Waals surface area contributed by atoms with E-state index in [2.05, 4.69) is 15.8 Å². The summed E-state index contributed by atoms with van der Waals surface area (Å²) in [6.07, 6.45) is -3.91. The molecule has 0 spiro atoms. The number of carbonyl (C=O) groups excluding carboxylic acids is 3. The summed E-state index contributed by atoms with van der Waals surface area (Å²) in [4.78, 5) is 42.5. The fourth-order valence-corrected chi connectivity index (χ4v) is 5.42. The standard InChI is InChI=1S/C33H35ClF3N5O5/c1-20(43)17-41(18-21(2)44)19-23-5-3-6-24(13-23)31(46)39-29-11-9-25(42-12-4-7-30(42)45)15-26(29)32(47)40-38-16-22-8-10-28(34)27(14-22)33(35,36)37/h3,5-6,8-11,13-16,20-21,43-44H,4,7,12,17-19H2,1-2H3,(H,39,46)(H,40,47)/b38-16-. The lowest BCUT2D eigenvalue weighted by Gasteiger charge is -2.25. The predicted octanol–water partition coefficient (Wildman–Crippen LogP) is 5.07. The molecule has 4 rings (SSSR count). The molecular weight excluding hydrogens is 639 g/mol. The van der Waals surface area contributed by atoms with Crippen LogP contribution in [-0.2, 0) is 17.5 Å². The van der Waals surface area contributed by atoms with Crippen molar-refractivity contribution in [2.75, 3.05) is 29.9 Å². The fraction of sp³-hybridized carbons (Fsp3) is 0.333. The van der Waals surface area contributed by atoms with E-state index in [-0.39, 0.29) is 28.3 Å². The Morgan fingerprint density at radius 2 is 1.77 bits per heavy atom. The van der Waals surface area contributed by atoms with E-state index in [1.165, 1.54) is 23.1 Å². The zero-order valence-electron chi connectivity index (χ0n) is 25.7. The van der Waals surface area contributed by atoms with Crippen LogP contribution in [0.2, 0.25) is 5.02 Å². The van der Waals surface area contributed by atoms with Crippen LogP contribution in [0.15, 0.2) is 65.8 Å². The first kappa shape index (κ1) is 35.6. The van der Waals surface area contributed by atoms with Gasteiger partial charge in [0.1, 0.15) is 0 Å².